The number of ether oxygens (including phenoxy) is 1. The minimum atomic E-state index is -4.11. The van der Waals surface area contributed by atoms with E-state index in [0.29, 0.717) is 18.4 Å². The van der Waals surface area contributed by atoms with Crippen molar-refractivity contribution in [3.8, 4) is 11.1 Å². The zero-order valence-corrected chi connectivity index (χ0v) is 20.1. The highest BCUT2D eigenvalue weighted by atomic mass is 32.2. The van der Waals surface area contributed by atoms with Crippen molar-refractivity contribution < 1.29 is 32.2 Å². The maximum atomic E-state index is 13.1. The second kappa shape index (κ2) is 10.1. The van der Waals surface area contributed by atoms with Gasteiger partial charge in [0.15, 0.2) is 0 Å². The number of halogens is 1. The van der Waals surface area contributed by atoms with Gasteiger partial charge in [0.25, 0.3) is 0 Å². The summed E-state index contributed by atoms with van der Waals surface area (Å²) < 4.78 is 46.6. The van der Waals surface area contributed by atoms with Gasteiger partial charge >= 0.3 is 12.1 Å². The number of piperidine rings is 1. The fourth-order valence-corrected chi connectivity index (χ4v) is 5.05. The number of sulfonamides is 1. The number of carboxylic acids is 1. The van der Waals surface area contributed by atoms with Gasteiger partial charge in [-0.1, -0.05) is 24.3 Å². The number of hydrogen-bond acceptors (Lipinski definition) is 5. The molecule has 1 amide bonds. The minimum absolute atomic E-state index is 0.0733. The number of aliphatic carboxylic acids is 1. The Bertz CT molecular complexity index is 1120. The molecule has 0 radical (unpaired) electrons. The topological polar surface area (TPSA) is 113 Å². The molecule has 0 saturated carbocycles. The van der Waals surface area contributed by atoms with Gasteiger partial charge in [0.1, 0.15) is 17.5 Å². The molecule has 2 aromatic carbocycles. The van der Waals surface area contributed by atoms with E-state index in [1.54, 1.807) is 45.0 Å². The van der Waals surface area contributed by atoms with E-state index < -0.39 is 39.6 Å². The van der Waals surface area contributed by atoms with Crippen molar-refractivity contribution in [2.75, 3.05) is 13.1 Å². The standard InChI is InChI=1S/C24H29FN2O6S/c1-24(2,3)33-23(30)27-14-12-18(13-15-27)21(22(28)29)26-34(31,32)20-10-6-17(7-11-20)16-4-8-19(25)9-5-16/h4-11,18,21,26H,12-15H2,1-3H3,(H,28,29)/t21-/m1/s1. The van der Waals surface area contributed by atoms with Gasteiger partial charge < -0.3 is 14.7 Å². The number of nitrogens with zero attached hydrogens (tertiary/aromatic N) is 1. The number of carbonyl (C=O) groups excluding carboxylic acids is 1. The van der Waals surface area contributed by atoms with Crippen LogP contribution in [0.5, 0.6) is 0 Å². The van der Waals surface area contributed by atoms with E-state index in [-0.39, 0.29) is 23.8 Å². The van der Waals surface area contributed by atoms with Gasteiger partial charge in [-0.15, -0.1) is 0 Å². The van der Waals surface area contributed by atoms with Crippen molar-refractivity contribution in [2.45, 2.75) is 50.2 Å². The van der Waals surface area contributed by atoms with Crippen molar-refractivity contribution in [2.24, 2.45) is 5.92 Å². The summed E-state index contributed by atoms with van der Waals surface area (Å²) in [7, 11) is -4.11. The Morgan fingerprint density at radius 2 is 1.53 bits per heavy atom. The Labute approximate surface area is 198 Å². The molecule has 1 atom stereocenters. The number of rotatable bonds is 6. The van der Waals surface area contributed by atoms with Crippen LogP contribution in [-0.2, 0) is 19.6 Å². The molecule has 3 rings (SSSR count). The van der Waals surface area contributed by atoms with Gasteiger partial charge in [0, 0.05) is 13.1 Å². The molecule has 0 bridgehead atoms. The molecule has 0 aromatic heterocycles. The van der Waals surface area contributed by atoms with Crippen LogP contribution in [-0.4, -0.2) is 55.2 Å². The quantitative estimate of drug-likeness (QED) is 0.633. The van der Waals surface area contributed by atoms with Gasteiger partial charge in [-0.05, 0) is 74.9 Å². The fourth-order valence-electron chi connectivity index (χ4n) is 3.79. The van der Waals surface area contributed by atoms with Gasteiger partial charge in [-0.25, -0.2) is 17.6 Å². The number of nitrogens with one attached hydrogen (secondary N) is 1. The Balaban J connectivity index is 1.67. The van der Waals surface area contributed by atoms with Gasteiger partial charge in [0.05, 0.1) is 4.90 Å². The minimum Gasteiger partial charge on any atom is -0.480 e. The van der Waals surface area contributed by atoms with Crippen LogP contribution in [0.15, 0.2) is 53.4 Å². The zero-order chi connectivity index (χ0) is 25.1. The van der Waals surface area contributed by atoms with Gasteiger partial charge in [0.2, 0.25) is 10.0 Å². The number of hydrogen-bond donors (Lipinski definition) is 2. The molecule has 2 aromatic rings. The first kappa shape index (κ1) is 25.6. The number of carbonyl (C=O) groups is 2. The summed E-state index contributed by atoms with van der Waals surface area (Å²) in [5.41, 5.74) is 0.779. The first-order valence-electron chi connectivity index (χ1n) is 10.9. The fraction of sp³-hybridized carbons (Fsp3) is 0.417. The number of carboxylic acid groups (broad SMARTS) is 1. The molecule has 8 nitrogen and oxygen atoms in total. The summed E-state index contributed by atoms with van der Waals surface area (Å²) in [6.07, 6.45) is 0.171. The van der Waals surface area contributed by atoms with Crippen LogP contribution in [0, 0.1) is 11.7 Å². The first-order chi connectivity index (χ1) is 15.9. The van der Waals surface area contributed by atoms with Crippen LogP contribution in [0.4, 0.5) is 9.18 Å². The van der Waals surface area contributed by atoms with Crippen molar-refractivity contribution >= 4 is 22.1 Å². The third kappa shape index (κ3) is 6.54. The molecule has 1 fully saturated rings. The molecule has 34 heavy (non-hydrogen) atoms. The molecule has 184 valence electrons. The SMILES string of the molecule is CC(C)(C)OC(=O)N1CCC([C@@H](NS(=O)(=O)c2ccc(-c3ccc(F)cc3)cc2)C(=O)O)CC1. The lowest BCUT2D eigenvalue weighted by atomic mass is 9.90. The summed E-state index contributed by atoms with van der Waals surface area (Å²) in [4.78, 5) is 25.6. The predicted octanol–water partition coefficient (Wildman–Crippen LogP) is 3.87. The van der Waals surface area contributed by atoms with Crippen molar-refractivity contribution in [1.29, 1.82) is 0 Å². The van der Waals surface area contributed by atoms with Crippen molar-refractivity contribution in [3.05, 3.63) is 54.3 Å². The molecule has 0 spiro atoms. The zero-order valence-electron chi connectivity index (χ0n) is 19.3. The van der Waals surface area contributed by atoms with E-state index in [9.17, 15) is 27.5 Å². The third-order valence-electron chi connectivity index (χ3n) is 5.55. The Morgan fingerprint density at radius 1 is 1.03 bits per heavy atom. The molecule has 0 aliphatic carbocycles. The molecule has 1 heterocycles. The molecular formula is C24H29FN2O6S. The maximum Gasteiger partial charge on any atom is 0.410 e. The molecule has 10 heteroatoms. The molecular weight excluding hydrogens is 463 g/mol. The van der Waals surface area contributed by atoms with E-state index in [4.69, 9.17) is 4.74 Å². The average Bonchev–Trinajstić information content (AvgIpc) is 2.77. The molecule has 0 unspecified atom stereocenters. The Kier molecular flexibility index (Phi) is 7.62. The van der Waals surface area contributed by atoms with Crippen LogP contribution >= 0.6 is 0 Å². The Morgan fingerprint density at radius 3 is 2.00 bits per heavy atom. The first-order valence-corrected chi connectivity index (χ1v) is 12.4. The van der Waals surface area contributed by atoms with E-state index in [0.717, 1.165) is 5.56 Å². The van der Waals surface area contributed by atoms with E-state index in [2.05, 4.69) is 4.72 Å². The molecule has 1 aliphatic heterocycles. The van der Waals surface area contributed by atoms with Crippen molar-refractivity contribution in [1.82, 2.24) is 9.62 Å². The lowest BCUT2D eigenvalue weighted by Crippen LogP contribution is -2.50. The maximum absolute atomic E-state index is 13.1. The van der Waals surface area contributed by atoms with Crippen LogP contribution < -0.4 is 4.72 Å². The van der Waals surface area contributed by atoms with Gasteiger partial charge in [-0.2, -0.15) is 4.72 Å². The van der Waals surface area contributed by atoms with Crippen LogP contribution in [0.1, 0.15) is 33.6 Å². The number of benzene rings is 2. The van der Waals surface area contributed by atoms with Crippen molar-refractivity contribution in [3.63, 3.8) is 0 Å². The monoisotopic (exact) mass is 492 g/mol. The molecule has 1 saturated heterocycles. The molecule has 2 N–H and O–H groups in total. The van der Waals surface area contributed by atoms with E-state index in [1.807, 2.05) is 0 Å². The normalized spacial score (nSPS) is 16.2. The summed E-state index contributed by atoms with van der Waals surface area (Å²) in [6.45, 7) is 5.84. The Hall–Kier alpha value is -2.98. The summed E-state index contributed by atoms with van der Waals surface area (Å²) in [6, 6.07) is 10.4. The van der Waals surface area contributed by atoms with Crippen LogP contribution in [0.3, 0.4) is 0 Å². The highest BCUT2D eigenvalue weighted by Crippen LogP contribution is 2.25. The number of amides is 1. The van der Waals surface area contributed by atoms with Gasteiger partial charge in [-0.3, -0.25) is 4.79 Å². The largest absolute Gasteiger partial charge is 0.480 e. The summed E-state index contributed by atoms with van der Waals surface area (Å²) >= 11 is 0. The second-order valence-electron chi connectivity index (χ2n) is 9.27. The number of likely N-dealkylation sites (tertiary alicyclic amines) is 1. The summed E-state index contributed by atoms with van der Waals surface area (Å²) in [5, 5.41) is 9.72. The van der Waals surface area contributed by atoms with Crippen LogP contribution in [0.25, 0.3) is 11.1 Å². The second-order valence-corrected chi connectivity index (χ2v) is 11.0. The highest BCUT2D eigenvalue weighted by molar-refractivity contribution is 7.89. The van der Waals surface area contributed by atoms with E-state index in [1.165, 1.54) is 29.2 Å². The third-order valence-corrected chi connectivity index (χ3v) is 7.01. The predicted molar refractivity (Wildman–Crippen MR) is 124 cm³/mol. The highest BCUT2D eigenvalue weighted by Gasteiger charge is 2.36. The van der Waals surface area contributed by atoms with Crippen LogP contribution in [0.2, 0.25) is 0 Å². The lowest BCUT2D eigenvalue weighted by molar-refractivity contribution is -0.140. The summed E-state index contributed by atoms with van der Waals surface area (Å²) in [5.74, 6) is -2.13. The smallest absolute Gasteiger partial charge is 0.410 e. The molecule has 1 aliphatic rings. The van der Waals surface area contributed by atoms with E-state index >= 15 is 0 Å². The lowest BCUT2D eigenvalue weighted by Gasteiger charge is -2.35. The average molecular weight is 493 g/mol.